The third-order valence-corrected chi connectivity index (χ3v) is 8.65. The van der Waals surface area contributed by atoms with Gasteiger partial charge >= 0.3 is 0 Å². The summed E-state index contributed by atoms with van der Waals surface area (Å²) in [6.45, 7) is 4.83. The van der Waals surface area contributed by atoms with Crippen molar-refractivity contribution in [2.45, 2.75) is 58.8 Å². The van der Waals surface area contributed by atoms with Crippen LogP contribution in [0.1, 0.15) is 58.8 Å². The SMILES string of the molecule is CS(=O)C1=C[C@@]2(C)C(=CC1=O)CC[C@H]1[C@@H]3CCC[C@@]3(C)CC[C@@H]12. The molecule has 0 bridgehead atoms. The molecule has 3 saturated carbocycles. The highest BCUT2D eigenvalue weighted by molar-refractivity contribution is 7.89. The van der Waals surface area contributed by atoms with E-state index in [0.717, 1.165) is 18.3 Å². The maximum atomic E-state index is 12.3. The van der Waals surface area contributed by atoms with Crippen LogP contribution < -0.4 is 0 Å². The standard InChI is InChI=1S/C20H28O2S/c1-19-9-4-5-15(19)14-7-6-13-11-17(21)18(23(3)22)12-20(13,2)16(14)8-10-19/h11-12,14-16H,4-10H2,1-3H3/t14-,15-,16-,19-,20-,23?/m0/s1. The molecule has 0 radical (unpaired) electrons. The minimum atomic E-state index is -1.18. The lowest BCUT2D eigenvalue weighted by atomic mass is 9.48. The Morgan fingerprint density at radius 3 is 2.65 bits per heavy atom. The predicted molar refractivity (Wildman–Crippen MR) is 94.2 cm³/mol. The molecule has 4 aliphatic carbocycles. The first-order chi connectivity index (χ1) is 10.8. The summed E-state index contributed by atoms with van der Waals surface area (Å²) in [6.07, 6.45) is 14.6. The molecule has 3 heteroatoms. The Kier molecular flexibility index (Phi) is 3.54. The van der Waals surface area contributed by atoms with Gasteiger partial charge in [0.25, 0.3) is 0 Å². The van der Waals surface area contributed by atoms with Crippen LogP contribution in [0.25, 0.3) is 0 Å². The van der Waals surface area contributed by atoms with Crippen molar-refractivity contribution < 1.29 is 9.00 Å². The van der Waals surface area contributed by atoms with E-state index in [9.17, 15) is 9.00 Å². The highest BCUT2D eigenvalue weighted by atomic mass is 32.2. The first-order valence-corrected chi connectivity index (χ1v) is 10.7. The van der Waals surface area contributed by atoms with E-state index in [1.54, 1.807) is 6.26 Å². The number of hydrogen-bond acceptors (Lipinski definition) is 2. The number of ketones is 1. The topological polar surface area (TPSA) is 34.1 Å². The average Bonchev–Trinajstić information content (AvgIpc) is 2.89. The lowest BCUT2D eigenvalue weighted by Crippen LogP contribution is -2.48. The monoisotopic (exact) mass is 332 g/mol. The van der Waals surface area contributed by atoms with Crippen molar-refractivity contribution in [3.05, 3.63) is 22.6 Å². The van der Waals surface area contributed by atoms with E-state index < -0.39 is 10.8 Å². The van der Waals surface area contributed by atoms with Gasteiger partial charge in [0.05, 0.1) is 15.7 Å². The van der Waals surface area contributed by atoms with E-state index in [0.29, 0.717) is 16.2 Å². The van der Waals surface area contributed by atoms with Gasteiger partial charge in [0.2, 0.25) is 0 Å². The zero-order valence-electron chi connectivity index (χ0n) is 14.6. The number of carbonyl (C=O) groups is 1. The van der Waals surface area contributed by atoms with Crippen molar-refractivity contribution in [1.29, 1.82) is 0 Å². The van der Waals surface area contributed by atoms with E-state index in [2.05, 4.69) is 19.9 Å². The molecule has 0 aliphatic heterocycles. The van der Waals surface area contributed by atoms with Gasteiger partial charge in [-0.1, -0.05) is 31.9 Å². The Bertz CT molecular complexity index is 646. The van der Waals surface area contributed by atoms with Gasteiger partial charge in [-0.05, 0) is 67.8 Å². The fraction of sp³-hybridized carbons (Fsp3) is 0.750. The minimum absolute atomic E-state index is 0.0155. The van der Waals surface area contributed by atoms with Gasteiger partial charge in [-0.15, -0.1) is 0 Å². The summed E-state index contributed by atoms with van der Waals surface area (Å²) < 4.78 is 12.0. The molecule has 126 valence electrons. The normalized spacial score (nSPS) is 47.1. The van der Waals surface area contributed by atoms with Crippen LogP contribution in [0, 0.1) is 28.6 Å². The van der Waals surface area contributed by atoms with Crippen LogP contribution in [0.15, 0.2) is 22.6 Å². The second-order valence-corrected chi connectivity index (χ2v) is 10.1. The quantitative estimate of drug-likeness (QED) is 0.713. The first kappa shape index (κ1) is 15.8. The predicted octanol–water partition coefficient (Wildman–Crippen LogP) is 4.39. The van der Waals surface area contributed by atoms with E-state index in [1.165, 1.54) is 44.1 Å². The van der Waals surface area contributed by atoms with Crippen LogP contribution in [0.3, 0.4) is 0 Å². The Balaban J connectivity index is 1.75. The summed E-state index contributed by atoms with van der Waals surface area (Å²) in [5, 5.41) is 0. The highest BCUT2D eigenvalue weighted by Gasteiger charge is 2.55. The molecule has 2 nitrogen and oxygen atoms in total. The number of allylic oxidation sites excluding steroid dienone is 4. The molecule has 4 aliphatic rings. The van der Waals surface area contributed by atoms with Crippen molar-refractivity contribution in [3.63, 3.8) is 0 Å². The van der Waals surface area contributed by atoms with Gasteiger partial charge in [-0.25, -0.2) is 0 Å². The van der Waals surface area contributed by atoms with Crippen molar-refractivity contribution in [2.24, 2.45) is 28.6 Å². The van der Waals surface area contributed by atoms with Gasteiger partial charge in [0, 0.05) is 11.7 Å². The van der Waals surface area contributed by atoms with E-state index in [1.807, 2.05) is 6.08 Å². The second kappa shape index (κ2) is 5.15. The van der Waals surface area contributed by atoms with Gasteiger partial charge in [0.15, 0.2) is 5.78 Å². The van der Waals surface area contributed by atoms with Gasteiger partial charge in [0.1, 0.15) is 0 Å². The van der Waals surface area contributed by atoms with Crippen molar-refractivity contribution >= 4 is 16.6 Å². The third-order valence-electron chi connectivity index (χ3n) is 7.72. The van der Waals surface area contributed by atoms with E-state index in [-0.39, 0.29) is 11.2 Å². The van der Waals surface area contributed by atoms with Crippen LogP contribution in [-0.4, -0.2) is 16.2 Å². The second-order valence-electron chi connectivity index (χ2n) is 8.78. The van der Waals surface area contributed by atoms with Gasteiger partial charge in [-0.3, -0.25) is 9.00 Å². The lowest BCUT2D eigenvalue weighted by molar-refractivity contribution is -0.111. The molecule has 0 N–H and O–H groups in total. The molecule has 1 unspecified atom stereocenters. The largest absolute Gasteiger partial charge is 0.289 e. The van der Waals surface area contributed by atoms with Crippen LogP contribution in [0.4, 0.5) is 0 Å². The fourth-order valence-corrected chi connectivity index (χ4v) is 7.24. The Labute approximate surface area is 142 Å². The maximum Gasteiger partial charge on any atom is 0.194 e. The molecule has 23 heavy (non-hydrogen) atoms. The van der Waals surface area contributed by atoms with Crippen molar-refractivity contribution in [2.75, 3.05) is 6.26 Å². The van der Waals surface area contributed by atoms with Crippen molar-refractivity contribution in [3.8, 4) is 0 Å². The summed E-state index contributed by atoms with van der Waals surface area (Å²) in [6, 6.07) is 0. The third kappa shape index (κ3) is 2.18. The summed E-state index contributed by atoms with van der Waals surface area (Å²) in [5.74, 6) is 2.26. The molecule has 3 fully saturated rings. The summed E-state index contributed by atoms with van der Waals surface area (Å²) in [4.78, 5) is 12.8. The fourth-order valence-electron chi connectivity index (χ4n) is 6.48. The van der Waals surface area contributed by atoms with Crippen LogP contribution in [-0.2, 0) is 15.6 Å². The van der Waals surface area contributed by atoms with Crippen LogP contribution >= 0.6 is 0 Å². The zero-order valence-corrected chi connectivity index (χ0v) is 15.4. The molecule has 0 aromatic heterocycles. The van der Waals surface area contributed by atoms with Crippen molar-refractivity contribution in [1.82, 2.24) is 0 Å². The molecule has 0 aromatic rings. The Morgan fingerprint density at radius 1 is 1.13 bits per heavy atom. The average molecular weight is 333 g/mol. The smallest absolute Gasteiger partial charge is 0.194 e. The minimum Gasteiger partial charge on any atom is -0.289 e. The van der Waals surface area contributed by atoms with E-state index >= 15 is 0 Å². The molecule has 6 atom stereocenters. The van der Waals surface area contributed by atoms with Crippen LogP contribution in [0.5, 0.6) is 0 Å². The number of carbonyl (C=O) groups excluding carboxylic acids is 1. The summed E-state index contributed by atoms with van der Waals surface area (Å²) >= 11 is 0. The lowest BCUT2D eigenvalue weighted by Gasteiger charge is -2.56. The van der Waals surface area contributed by atoms with Crippen LogP contribution in [0.2, 0.25) is 0 Å². The highest BCUT2D eigenvalue weighted by Crippen LogP contribution is 2.64. The Morgan fingerprint density at radius 2 is 1.91 bits per heavy atom. The maximum absolute atomic E-state index is 12.3. The summed E-state index contributed by atoms with van der Waals surface area (Å²) in [5.41, 5.74) is 1.82. The molecule has 0 saturated heterocycles. The Hall–Kier alpha value is -0.700. The van der Waals surface area contributed by atoms with Gasteiger partial charge < -0.3 is 0 Å². The van der Waals surface area contributed by atoms with Gasteiger partial charge in [-0.2, -0.15) is 0 Å². The molecule has 0 spiro atoms. The number of rotatable bonds is 1. The number of hydrogen-bond donors (Lipinski definition) is 0. The molecule has 0 aromatic carbocycles. The summed E-state index contributed by atoms with van der Waals surface area (Å²) in [7, 11) is -1.18. The first-order valence-electron chi connectivity index (χ1n) is 9.17. The van der Waals surface area contributed by atoms with E-state index in [4.69, 9.17) is 0 Å². The molecule has 0 heterocycles. The molecule has 4 rings (SSSR count). The molecular formula is C20H28O2S. The number of fused-ring (bicyclic) bond motifs is 5. The molecule has 0 amide bonds. The molecular weight excluding hydrogens is 304 g/mol. The zero-order chi connectivity index (χ0) is 16.4.